The summed E-state index contributed by atoms with van der Waals surface area (Å²) in [5.41, 5.74) is 1.26. The topological polar surface area (TPSA) is 20.2 Å². The smallest absolute Gasteiger partial charge is 0.143 e. The number of benzene rings is 1. The number of hydrogen-bond donors (Lipinski definition) is 1. The van der Waals surface area contributed by atoms with E-state index in [-0.39, 0.29) is 5.75 Å². The average molecular weight is 336 g/mol. The molecule has 0 amide bonds. The first-order valence-corrected chi connectivity index (χ1v) is 6.76. The lowest BCUT2D eigenvalue weighted by Gasteiger charge is -2.07. The van der Waals surface area contributed by atoms with Gasteiger partial charge in [0.25, 0.3) is 0 Å². The van der Waals surface area contributed by atoms with E-state index in [0.29, 0.717) is 0 Å². The van der Waals surface area contributed by atoms with E-state index in [1.807, 2.05) is 12.1 Å². The van der Waals surface area contributed by atoms with E-state index in [1.165, 1.54) is 18.4 Å². The Bertz CT molecular complexity index is 311. The van der Waals surface area contributed by atoms with E-state index in [0.717, 1.165) is 21.3 Å². The van der Waals surface area contributed by atoms with Crippen molar-refractivity contribution in [1.29, 1.82) is 0 Å². The van der Waals surface area contributed by atoms with Crippen LogP contribution in [0.1, 0.15) is 32.3 Å². The summed E-state index contributed by atoms with van der Waals surface area (Å²) in [7, 11) is 0. The number of phenolic OH excluding ortho intramolecular Hbond substituents is 1. The normalized spacial score (nSPS) is 11.0. The zero-order chi connectivity index (χ0) is 11.4. The van der Waals surface area contributed by atoms with Gasteiger partial charge < -0.3 is 5.11 Å². The molecule has 3 heteroatoms. The first kappa shape index (κ1) is 13.0. The van der Waals surface area contributed by atoms with Gasteiger partial charge in [0.1, 0.15) is 5.75 Å². The molecular weight excluding hydrogens is 320 g/mol. The molecule has 0 fully saturated rings. The standard InChI is InChI=1S/C12H16Br2O/c1-8(2)4-3-5-9-6-10(13)12(15)11(14)7-9/h6-8,15H,3-5H2,1-2H3. The highest BCUT2D eigenvalue weighted by Gasteiger charge is 2.05. The Morgan fingerprint density at radius 3 is 2.20 bits per heavy atom. The van der Waals surface area contributed by atoms with Gasteiger partial charge in [0, 0.05) is 0 Å². The maximum atomic E-state index is 9.55. The summed E-state index contributed by atoms with van der Waals surface area (Å²) in [6, 6.07) is 3.97. The molecular formula is C12H16Br2O. The van der Waals surface area contributed by atoms with Gasteiger partial charge in [0.05, 0.1) is 8.95 Å². The van der Waals surface area contributed by atoms with Crippen LogP contribution < -0.4 is 0 Å². The Balaban J connectivity index is 2.63. The van der Waals surface area contributed by atoms with E-state index in [2.05, 4.69) is 45.7 Å². The predicted octanol–water partition coefficient (Wildman–Crippen LogP) is 4.90. The summed E-state index contributed by atoms with van der Waals surface area (Å²) in [5.74, 6) is 1.04. The summed E-state index contributed by atoms with van der Waals surface area (Å²) in [5, 5.41) is 9.55. The van der Waals surface area contributed by atoms with Gasteiger partial charge in [-0.05, 0) is 68.3 Å². The minimum Gasteiger partial charge on any atom is -0.506 e. The van der Waals surface area contributed by atoms with Gasteiger partial charge in [-0.25, -0.2) is 0 Å². The molecule has 1 rings (SSSR count). The highest BCUT2D eigenvalue weighted by Crippen LogP contribution is 2.33. The third kappa shape index (κ3) is 4.15. The zero-order valence-electron chi connectivity index (χ0n) is 9.06. The molecule has 0 heterocycles. The van der Waals surface area contributed by atoms with Crippen molar-refractivity contribution in [2.75, 3.05) is 0 Å². The Hall–Kier alpha value is -0.0200. The Morgan fingerprint density at radius 2 is 1.73 bits per heavy atom. The van der Waals surface area contributed by atoms with Gasteiger partial charge in [-0.15, -0.1) is 0 Å². The van der Waals surface area contributed by atoms with Gasteiger partial charge >= 0.3 is 0 Å². The molecule has 0 unspecified atom stereocenters. The number of aromatic hydroxyl groups is 1. The second kappa shape index (κ2) is 5.90. The fourth-order valence-corrected chi connectivity index (χ4v) is 2.76. The van der Waals surface area contributed by atoms with Gasteiger partial charge in [0.15, 0.2) is 0 Å². The maximum Gasteiger partial charge on any atom is 0.143 e. The predicted molar refractivity (Wildman–Crippen MR) is 71.3 cm³/mol. The van der Waals surface area contributed by atoms with Crippen molar-refractivity contribution in [3.63, 3.8) is 0 Å². The van der Waals surface area contributed by atoms with Crippen LogP contribution in [0.4, 0.5) is 0 Å². The van der Waals surface area contributed by atoms with E-state index in [1.54, 1.807) is 0 Å². The van der Waals surface area contributed by atoms with Crippen LogP contribution in [0.25, 0.3) is 0 Å². The van der Waals surface area contributed by atoms with Crippen LogP contribution in [0.5, 0.6) is 5.75 Å². The molecule has 1 aromatic carbocycles. The monoisotopic (exact) mass is 334 g/mol. The van der Waals surface area contributed by atoms with Gasteiger partial charge in [0.2, 0.25) is 0 Å². The van der Waals surface area contributed by atoms with Crippen LogP contribution in [-0.4, -0.2) is 5.11 Å². The van der Waals surface area contributed by atoms with Crippen molar-refractivity contribution in [3.8, 4) is 5.75 Å². The largest absolute Gasteiger partial charge is 0.506 e. The molecule has 0 spiro atoms. The molecule has 0 bridgehead atoms. The Morgan fingerprint density at radius 1 is 1.20 bits per heavy atom. The molecule has 84 valence electrons. The average Bonchev–Trinajstić information content (AvgIpc) is 2.13. The maximum absolute atomic E-state index is 9.55. The molecule has 1 N–H and O–H groups in total. The number of aryl methyl sites for hydroxylation is 1. The molecule has 1 aromatic rings. The van der Waals surface area contributed by atoms with Crippen LogP contribution in [0.2, 0.25) is 0 Å². The Kier molecular flexibility index (Phi) is 5.13. The van der Waals surface area contributed by atoms with Crippen molar-refractivity contribution in [2.24, 2.45) is 5.92 Å². The zero-order valence-corrected chi connectivity index (χ0v) is 12.2. The van der Waals surface area contributed by atoms with Crippen molar-refractivity contribution in [3.05, 3.63) is 26.6 Å². The quantitative estimate of drug-likeness (QED) is 0.830. The fourth-order valence-electron chi connectivity index (χ4n) is 1.48. The summed E-state index contributed by atoms with van der Waals surface area (Å²) in [6.45, 7) is 4.48. The summed E-state index contributed by atoms with van der Waals surface area (Å²) in [4.78, 5) is 0. The lowest BCUT2D eigenvalue weighted by molar-refractivity contribution is 0.468. The second-order valence-corrected chi connectivity index (χ2v) is 5.90. The van der Waals surface area contributed by atoms with Gasteiger partial charge in [-0.1, -0.05) is 20.3 Å². The van der Waals surface area contributed by atoms with E-state index >= 15 is 0 Å². The minimum atomic E-state index is 0.280. The van der Waals surface area contributed by atoms with Crippen LogP contribution >= 0.6 is 31.9 Å². The van der Waals surface area contributed by atoms with E-state index in [4.69, 9.17) is 0 Å². The molecule has 1 nitrogen and oxygen atoms in total. The third-order valence-electron chi connectivity index (χ3n) is 2.32. The van der Waals surface area contributed by atoms with Crippen molar-refractivity contribution < 1.29 is 5.11 Å². The van der Waals surface area contributed by atoms with Crippen LogP contribution in [-0.2, 0) is 6.42 Å². The highest BCUT2D eigenvalue weighted by molar-refractivity contribution is 9.11. The van der Waals surface area contributed by atoms with Crippen LogP contribution in [0, 0.1) is 5.92 Å². The molecule has 0 aliphatic carbocycles. The van der Waals surface area contributed by atoms with Gasteiger partial charge in [-0.3, -0.25) is 0 Å². The summed E-state index contributed by atoms with van der Waals surface area (Å²) in [6.07, 6.45) is 3.51. The molecule has 0 radical (unpaired) electrons. The summed E-state index contributed by atoms with van der Waals surface area (Å²) >= 11 is 6.68. The molecule has 0 atom stereocenters. The van der Waals surface area contributed by atoms with Crippen LogP contribution in [0.3, 0.4) is 0 Å². The lowest BCUT2D eigenvalue weighted by atomic mass is 10.0. The fraction of sp³-hybridized carbons (Fsp3) is 0.500. The molecule has 0 aliphatic heterocycles. The van der Waals surface area contributed by atoms with Crippen molar-refractivity contribution in [2.45, 2.75) is 33.1 Å². The molecule has 0 saturated carbocycles. The Labute approximate surface area is 108 Å². The third-order valence-corrected chi connectivity index (χ3v) is 3.53. The lowest BCUT2D eigenvalue weighted by Crippen LogP contribution is -1.91. The number of halogens is 2. The first-order valence-electron chi connectivity index (χ1n) is 5.17. The molecule has 0 aromatic heterocycles. The second-order valence-electron chi connectivity index (χ2n) is 4.19. The van der Waals surface area contributed by atoms with Crippen LogP contribution in [0.15, 0.2) is 21.1 Å². The minimum absolute atomic E-state index is 0.280. The number of phenols is 1. The highest BCUT2D eigenvalue weighted by atomic mass is 79.9. The number of hydrogen-bond acceptors (Lipinski definition) is 1. The van der Waals surface area contributed by atoms with E-state index in [9.17, 15) is 5.11 Å². The van der Waals surface area contributed by atoms with Gasteiger partial charge in [-0.2, -0.15) is 0 Å². The van der Waals surface area contributed by atoms with Crippen molar-refractivity contribution >= 4 is 31.9 Å². The SMILES string of the molecule is CC(C)CCCc1cc(Br)c(O)c(Br)c1. The number of rotatable bonds is 4. The molecule has 0 aliphatic rings. The van der Waals surface area contributed by atoms with Crippen molar-refractivity contribution in [1.82, 2.24) is 0 Å². The molecule has 0 saturated heterocycles. The molecule has 15 heavy (non-hydrogen) atoms. The van der Waals surface area contributed by atoms with E-state index < -0.39 is 0 Å². The summed E-state index contributed by atoms with van der Waals surface area (Å²) < 4.78 is 1.52. The first-order chi connectivity index (χ1) is 7.00.